The van der Waals surface area contributed by atoms with Crippen LogP contribution in [0.4, 0.5) is 5.82 Å². The quantitative estimate of drug-likeness (QED) is 0.0539. The first kappa shape index (κ1) is 52.8. The lowest BCUT2D eigenvalue weighted by molar-refractivity contribution is -0.303. The van der Waals surface area contributed by atoms with Crippen molar-refractivity contribution in [3.05, 3.63) is 227 Å². The number of nitrogen functional groups attached to an aromatic ring is 1. The predicted molar refractivity (Wildman–Crippen MR) is 282 cm³/mol. The first-order valence-electron chi connectivity index (χ1n) is 24.9. The fourth-order valence-corrected chi connectivity index (χ4v) is 14.3. The Hall–Kier alpha value is -8.06. The van der Waals surface area contributed by atoms with Gasteiger partial charge >= 0.3 is 29.6 Å². The number of nitrogens with zero attached hydrogens (tertiary/aromatic N) is 2. The maximum absolute atomic E-state index is 14.3. The number of esters is 4. The molecule has 0 spiro atoms. The van der Waals surface area contributed by atoms with Gasteiger partial charge in [0.2, 0.25) is 0 Å². The van der Waals surface area contributed by atoms with Gasteiger partial charge in [-0.05, 0) is 70.0 Å². The topological polar surface area (TPSA) is 203 Å². The van der Waals surface area contributed by atoms with Gasteiger partial charge in [-0.1, -0.05) is 154 Å². The molecule has 16 nitrogen and oxygen atoms in total. The number of aromatic nitrogens is 2. The molecule has 0 bridgehead atoms. The van der Waals surface area contributed by atoms with Crippen LogP contribution >= 0.6 is 0 Å². The summed E-state index contributed by atoms with van der Waals surface area (Å²) in [7, 11) is -3.34. The van der Waals surface area contributed by atoms with Gasteiger partial charge in [0, 0.05) is 12.6 Å². The Bertz CT molecular complexity index is 3090. The van der Waals surface area contributed by atoms with Gasteiger partial charge in [-0.15, -0.1) is 0 Å². The highest BCUT2D eigenvalue weighted by Crippen LogP contribution is 2.42. The molecule has 2 N–H and O–H groups in total. The second-order valence-electron chi connectivity index (χ2n) is 19.3. The number of benzene rings is 6. The molecule has 2 aliphatic heterocycles. The smallest absolute Gasteiger partial charge is 0.351 e. The van der Waals surface area contributed by atoms with Crippen LogP contribution in [0.5, 0.6) is 0 Å². The molecule has 0 unspecified atom stereocenters. The van der Waals surface area contributed by atoms with Crippen molar-refractivity contribution < 1.29 is 56.8 Å². The van der Waals surface area contributed by atoms with Gasteiger partial charge in [-0.25, -0.2) is 24.0 Å². The molecular weight excluding hydrogens is 987 g/mol. The number of hydrogen-bond donors (Lipinski definition) is 1. The molecular formula is C59H57N3O13Si. The van der Waals surface area contributed by atoms with Crippen molar-refractivity contribution in [1.82, 2.24) is 9.55 Å². The number of rotatable bonds is 17. The van der Waals surface area contributed by atoms with E-state index in [1.165, 1.54) is 41.1 Å². The summed E-state index contributed by atoms with van der Waals surface area (Å²) >= 11 is 0. The zero-order valence-corrected chi connectivity index (χ0v) is 43.0. The maximum atomic E-state index is 14.3. The van der Waals surface area contributed by atoms with Gasteiger partial charge in [0.25, 0.3) is 8.32 Å². The van der Waals surface area contributed by atoms with E-state index in [4.69, 9.17) is 43.3 Å². The third-order valence-corrected chi connectivity index (χ3v) is 18.3. The van der Waals surface area contributed by atoms with E-state index in [2.05, 4.69) is 50.0 Å². The molecule has 0 saturated carbocycles. The first-order valence-corrected chi connectivity index (χ1v) is 26.8. The minimum absolute atomic E-state index is 0.0315. The van der Waals surface area contributed by atoms with Crippen LogP contribution in [0.2, 0.25) is 5.04 Å². The van der Waals surface area contributed by atoms with Crippen molar-refractivity contribution in [2.75, 3.05) is 18.9 Å². The minimum atomic E-state index is -3.34. The summed E-state index contributed by atoms with van der Waals surface area (Å²) in [4.78, 5) is 73.9. The highest BCUT2D eigenvalue weighted by molar-refractivity contribution is 6.99. The number of carbonyl (C=O) groups excluding carboxylic acids is 4. The lowest BCUT2D eigenvalue weighted by Crippen LogP contribution is -2.68. The Kier molecular flexibility index (Phi) is 16.4. The molecule has 6 aromatic carbocycles. The van der Waals surface area contributed by atoms with Gasteiger partial charge < -0.3 is 43.3 Å². The predicted octanol–water partition coefficient (Wildman–Crippen LogP) is 7.33. The second kappa shape index (κ2) is 23.6. The number of hydrogen-bond acceptors (Lipinski definition) is 15. The number of ether oxygens (including phenoxy) is 7. The Morgan fingerprint density at radius 3 is 1.46 bits per heavy atom. The highest BCUT2D eigenvalue weighted by Gasteiger charge is 2.56. The Balaban J connectivity index is 1.13. The fraction of sp³-hybridized carbons (Fsp3) is 0.254. The van der Waals surface area contributed by atoms with Crippen LogP contribution in [0.3, 0.4) is 0 Å². The van der Waals surface area contributed by atoms with Crippen LogP contribution in [0.25, 0.3) is 0 Å². The van der Waals surface area contributed by atoms with Gasteiger partial charge in [0.15, 0.2) is 24.6 Å². The lowest BCUT2D eigenvalue weighted by atomic mass is 9.97. The second-order valence-corrected chi connectivity index (χ2v) is 23.5. The zero-order valence-electron chi connectivity index (χ0n) is 42.0. The molecule has 3 heterocycles. The van der Waals surface area contributed by atoms with E-state index in [0.29, 0.717) is 0 Å². The summed E-state index contributed by atoms with van der Waals surface area (Å²) in [6.07, 6.45) is -9.05. The fourth-order valence-electron chi connectivity index (χ4n) is 9.56. The number of nitrogens with two attached hydrogens (primary N) is 1. The summed E-state index contributed by atoms with van der Waals surface area (Å²) < 4.78 is 54.0. The summed E-state index contributed by atoms with van der Waals surface area (Å²) in [5.74, 6) is -3.26. The Morgan fingerprint density at radius 1 is 0.566 bits per heavy atom. The molecule has 0 aliphatic carbocycles. The van der Waals surface area contributed by atoms with Crippen molar-refractivity contribution in [3.8, 4) is 0 Å². The Morgan fingerprint density at radius 2 is 1.00 bits per heavy atom. The van der Waals surface area contributed by atoms with Crippen molar-refractivity contribution in [2.24, 2.45) is 0 Å². The van der Waals surface area contributed by atoms with Crippen LogP contribution in [0.1, 0.15) is 74.9 Å². The van der Waals surface area contributed by atoms with E-state index >= 15 is 0 Å². The monoisotopic (exact) mass is 1040 g/mol. The van der Waals surface area contributed by atoms with Crippen LogP contribution in [-0.4, -0.2) is 97.9 Å². The molecule has 17 heteroatoms. The van der Waals surface area contributed by atoms with Crippen LogP contribution in [0.15, 0.2) is 199 Å². The maximum Gasteiger partial charge on any atom is 0.351 e. The normalized spacial score (nSPS) is 21.5. The highest BCUT2D eigenvalue weighted by atomic mass is 28.4. The van der Waals surface area contributed by atoms with E-state index in [1.807, 2.05) is 36.4 Å². The van der Waals surface area contributed by atoms with Crippen molar-refractivity contribution >= 4 is 48.4 Å². The number of carbonyl (C=O) groups is 4. The van der Waals surface area contributed by atoms with E-state index in [-0.39, 0.29) is 41.1 Å². The van der Waals surface area contributed by atoms with Gasteiger partial charge in [0.05, 0.1) is 35.0 Å². The summed E-state index contributed by atoms with van der Waals surface area (Å²) in [6, 6.07) is 54.0. The van der Waals surface area contributed by atoms with Crippen molar-refractivity contribution in [3.63, 3.8) is 0 Å². The van der Waals surface area contributed by atoms with E-state index in [0.717, 1.165) is 10.4 Å². The van der Waals surface area contributed by atoms with Crippen molar-refractivity contribution in [2.45, 2.75) is 81.4 Å². The molecule has 1 aromatic heterocycles. The summed E-state index contributed by atoms with van der Waals surface area (Å²) in [6.45, 7) is 5.50. The zero-order chi connectivity index (χ0) is 53.2. The largest absolute Gasteiger partial charge is 0.459 e. The van der Waals surface area contributed by atoms with Gasteiger partial charge in [0.1, 0.15) is 30.9 Å². The van der Waals surface area contributed by atoms with Crippen LogP contribution < -0.4 is 21.8 Å². The lowest BCUT2D eigenvalue weighted by Gasteiger charge is -2.46. The van der Waals surface area contributed by atoms with E-state index in [1.54, 1.807) is 97.1 Å². The molecule has 76 heavy (non-hydrogen) atoms. The van der Waals surface area contributed by atoms with Gasteiger partial charge in [-0.2, -0.15) is 4.98 Å². The SMILES string of the molecule is CC(C)(C)[Si](O[C@H]1C[C@H](n2ccc(N)nc2=O)O[C@@H]1CO[C@@H]1O[C@H](COC(=O)c2ccccc2)[C@H](OC(=O)c2ccccc2)[C@H](OC(=O)c2ccccc2)[C@H]1OC(=O)c1ccccc1)(c1ccccc1)c1ccccc1. The molecule has 2 aliphatic rings. The Labute approximate surface area is 440 Å². The average molecular weight is 1040 g/mol. The molecule has 0 radical (unpaired) electrons. The van der Waals surface area contributed by atoms with E-state index in [9.17, 15) is 24.0 Å². The molecule has 390 valence electrons. The van der Waals surface area contributed by atoms with Crippen LogP contribution in [0, 0.1) is 0 Å². The average Bonchev–Trinajstić information content (AvgIpc) is 3.92. The molecule has 2 saturated heterocycles. The van der Waals surface area contributed by atoms with Crippen molar-refractivity contribution in [1.29, 1.82) is 0 Å². The minimum Gasteiger partial charge on any atom is -0.459 e. The summed E-state index contributed by atoms with van der Waals surface area (Å²) in [5, 5.41) is 1.48. The summed E-state index contributed by atoms with van der Waals surface area (Å²) in [5.41, 5.74) is 5.91. The first-order chi connectivity index (χ1) is 36.8. The molecule has 9 rings (SSSR count). The van der Waals surface area contributed by atoms with Gasteiger partial charge in [-0.3, -0.25) is 4.57 Å². The third-order valence-electron chi connectivity index (χ3n) is 13.2. The standard InChI is InChI=1S/C59H57N3O13Si/c1-59(2,3)76(43-30-18-8-19-31-43,44-32-20-9-21-33-44)75-45-36-49(62-35-34-48(60)61-58(62)67)70-46(45)37-69-57-52(74-56(66)42-28-16-7-17-29-42)51(73-55(65)41-26-14-6-15-27-41)50(72-54(64)40-24-12-5-13-25-40)47(71-57)38-68-53(63)39-22-10-4-11-23-39/h4-35,45-47,49-52,57H,36-38H2,1-3H3,(H2,60,61,67)/t45-,46+,47+,49+,50-,51-,52+,57+/m0/s1. The molecule has 0 amide bonds. The molecule has 7 aromatic rings. The molecule has 2 fully saturated rings. The molecule has 8 atom stereocenters. The van der Waals surface area contributed by atoms with E-state index < -0.39 is 98.7 Å². The third kappa shape index (κ3) is 11.9. The van der Waals surface area contributed by atoms with Crippen LogP contribution in [-0.2, 0) is 37.6 Å². The number of anilines is 1.